The van der Waals surface area contributed by atoms with Crippen LogP contribution in [0.1, 0.15) is 41.0 Å². The van der Waals surface area contributed by atoms with Crippen LogP contribution in [0.5, 0.6) is 0 Å². The second-order valence-corrected chi connectivity index (χ2v) is 6.21. The average Bonchev–Trinajstić information content (AvgIpc) is 2.41. The van der Waals surface area contributed by atoms with Crippen molar-refractivity contribution in [3.63, 3.8) is 0 Å². The van der Waals surface area contributed by atoms with Crippen LogP contribution in [0.3, 0.4) is 0 Å². The normalized spacial score (nSPS) is 24.2. The molecule has 1 heterocycles. The minimum atomic E-state index is -0.424. The minimum Gasteiger partial charge on any atom is -0.444 e. The topological polar surface area (TPSA) is 41.6 Å². The molecule has 94 valence electrons. The molecule has 1 saturated heterocycles. The molecular weight excluding hydrogens is 204 g/mol. The summed E-state index contributed by atoms with van der Waals surface area (Å²) in [5.41, 5.74) is -0.312. The molecule has 1 unspecified atom stereocenters. The maximum absolute atomic E-state index is 11.8. The van der Waals surface area contributed by atoms with Gasteiger partial charge in [0, 0.05) is 25.2 Å². The fraction of sp³-hybridized carbons (Fsp3) is 0.917. The summed E-state index contributed by atoms with van der Waals surface area (Å²) >= 11 is 0. The summed E-state index contributed by atoms with van der Waals surface area (Å²) in [5.74, 6) is 0. The zero-order valence-electron chi connectivity index (χ0n) is 11.3. The lowest BCUT2D eigenvalue weighted by atomic mass is 10.0. The molecular formula is C12H24N2O2. The second kappa shape index (κ2) is 4.24. The Morgan fingerprint density at radius 1 is 1.44 bits per heavy atom. The van der Waals surface area contributed by atoms with Crippen molar-refractivity contribution in [1.29, 1.82) is 0 Å². The van der Waals surface area contributed by atoms with Gasteiger partial charge in [0.15, 0.2) is 0 Å². The average molecular weight is 228 g/mol. The summed E-state index contributed by atoms with van der Waals surface area (Å²) in [4.78, 5) is 13.5. The van der Waals surface area contributed by atoms with Gasteiger partial charge in [-0.15, -0.1) is 0 Å². The van der Waals surface area contributed by atoms with Crippen LogP contribution in [0.4, 0.5) is 4.79 Å². The van der Waals surface area contributed by atoms with Crippen LogP contribution >= 0.6 is 0 Å². The Kier molecular flexibility index (Phi) is 3.53. The Labute approximate surface area is 98.3 Å². The molecule has 0 radical (unpaired) electrons. The van der Waals surface area contributed by atoms with Gasteiger partial charge in [-0.1, -0.05) is 0 Å². The van der Waals surface area contributed by atoms with Crippen LogP contribution in [0.25, 0.3) is 0 Å². The lowest BCUT2D eigenvalue weighted by Crippen LogP contribution is -2.41. The van der Waals surface area contributed by atoms with Crippen molar-refractivity contribution in [2.24, 2.45) is 0 Å². The van der Waals surface area contributed by atoms with Crippen LogP contribution in [-0.4, -0.2) is 41.8 Å². The number of amides is 1. The molecule has 4 heteroatoms. The Morgan fingerprint density at radius 2 is 2.00 bits per heavy atom. The van der Waals surface area contributed by atoms with Crippen molar-refractivity contribution < 1.29 is 9.53 Å². The van der Waals surface area contributed by atoms with E-state index < -0.39 is 5.60 Å². The van der Waals surface area contributed by atoms with Crippen LogP contribution in [0.15, 0.2) is 0 Å². The standard InChI is InChI=1S/C12H24N2O2/c1-11(2,3)16-10(15)14(6)9-7-12(4,5)13-8-9/h9,13H,7-8H2,1-6H3. The second-order valence-electron chi connectivity index (χ2n) is 6.21. The molecule has 1 fully saturated rings. The summed E-state index contributed by atoms with van der Waals surface area (Å²) in [7, 11) is 1.81. The first-order valence-electron chi connectivity index (χ1n) is 5.81. The molecule has 4 nitrogen and oxygen atoms in total. The number of carbonyl (C=O) groups is 1. The van der Waals surface area contributed by atoms with E-state index in [0.717, 1.165) is 13.0 Å². The van der Waals surface area contributed by atoms with E-state index in [2.05, 4.69) is 19.2 Å². The lowest BCUT2D eigenvalue weighted by Gasteiger charge is -2.28. The van der Waals surface area contributed by atoms with Gasteiger partial charge in [0.05, 0.1) is 0 Å². The van der Waals surface area contributed by atoms with Crippen LogP contribution in [0, 0.1) is 0 Å². The summed E-state index contributed by atoms with van der Waals surface area (Å²) in [6.07, 6.45) is 0.722. The van der Waals surface area contributed by atoms with Gasteiger partial charge in [0.2, 0.25) is 0 Å². The quantitative estimate of drug-likeness (QED) is 0.746. The molecule has 0 aromatic carbocycles. The van der Waals surface area contributed by atoms with Crippen LogP contribution in [0.2, 0.25) is 0 Å². The number of hydrogen-bond acceptors (Lipinski definition) is 3. The van der Waals surface area contributed by atoms with Gasteiger partial charge in [-0.2, -0.15) is 0 Å². The van der Waals surface area contributed by atoms with Gasteiger partial charge in [0.25, 0.3) is 0 Å². The highest BCUT2D eigenvalue weighted by Gasteiger charge is 2.35. The van der Waals surface area contributed by atoms with Crippen molar-refractivity contribution in [1.82, 2.24) is 10.2 Å². The van der Waals surface area contributed by atoms with E-state index in [1.807, 2.05) is 27.8 Å². The SMILES string of the molecule is CN(C(=O)OC(C)(C)C)C1CNC(C)(C)C1. The van der Waals surface area contributed by atoms with E-state index in [1.165, 1.54) is 0 Å². The van der Waals surface area contributed by atoms with Crippen LogP contribution in [-0.2, 0) is 4.74 Å². The molecule has 0 saturated carbocycles. The van der Waals surface area contributed by atoms with Crippen molar-refractivity contribution in [2.75, 3.05) is 13.6 Å². The third-order valence-corrected chi connectivity index (χ3v) is 2.79. The highest BCUT2D eigenvalue weighted by atomic mass is 16.6. The number of ether oxygens (including phenoxy) is 1. The van der Waals surface area contributed by atoms with Crippen molar-refractivity contribution in [2.45, 2.75) is 58.2 Å². The van der Waals surface area contributed by atoms with Crippen LogP contribution < -0.4 is 5.32 Å². The summed E-state index contributed by atoms with van der Waals surface area (Å²) in [6.45, 7) is 10.8. The van der Waals surface area contributed by atoms with E-state index in [4.69, 9.17) is 4.74 Å². The predicted octanol–water partition coefficient (Wildman–Crippen LogP) is 1.99. The molecule has 1 aliphatic rings. The maximum atomic E-state index is 11.8. The maximum Gasteiger partial charge on any atom is 0.410 e. The van der Waals surface area contributed by atoms with E-state index >= 15 is 0 Å². The van der Waals surface area contributed by atoms with Gasteiger partial charge >= 0.3 is 6.09 Å². The van der Waals surface area contributed by atoms with E-state index in [-0.39, 0.29) is 17.7 Å². The minimum absolute atomic E-state index is 0.112. The predicted molar refractivity (Wildman–Crippen MR) is 64.5 cm³/mol. The first-order valence-corrected chi connectivity index (χ1v) is 5.81. The molecule has 1 atom stereocenters. The molecule has 0 spiro atoms. The monoisotopic (exact) mass is 228 g/mol. The van der Waals surface area contributed by atoms with Gasteiger partial charge < -0.3 is 15.0 Å². The van der Waals surface area contributed by atoms with Gasteiger partial charge in [0.1, 0.15) is 5.60 Å². The summed E-state index contributed by atoms with van der Waals surface area (Å²) < 4.78 is 5.34. The molecule has 0 aromatic heterocycles. The first-order chi connectivity index (χ1) is 7.11. The third kappa shape index (κ3) is 3.67. The molecule has 1 rings (SSSR count). The highest BCUT2D eigenvalue weighted by molar-refractivity contribution is 5.68. The number of carbonyl (C=O) groups excluding carboxylic acids is 1. The zero-order chi connectivity index (χ0) is 12.6. The smallest absolute Gasteiger partial charge is 0.410 e. The number of nitrogens with one attached hydrogen (secondary N) is 1. The molecule has 0 aliphatic carbocycles. The molecule has 0 aromatic rings. The highest BCUT2D eigenvalue weighted by Crippen LogP contribution is 2.22. The number of likely N-dealkylation sites (N-methyl/N-ethyl adjacent to an activating group) is 1. The number of rotatable bonds is 1. The number of nitrogens with zero attached hydrogens (tertiary/aromatic N) is 1. The fourth-order valence-electron chi connectivity index (χ4n) is 1.88. The fourth-order valence-corrected chi connectivity index (χ4v) is 1.88. The van der Waals surface area contributed by atoms with Gasteiger partial charge in [-0.05, 0) is 41.0 Å². The summed E-state index contributed by atoms with van der Waals surface area (Å²) in [5, 5.41) is 3.40. The van der Waals surface area contributed by atoms with Crippen molar-refractivity contribution in [3.05, 3.63) is 0 Å². The van der Waals surface area contributed by atoms with Crippen molar-refractivity contribution in [3.8, 4) is 0 Å². The van der Waals surface area contributed by atoms with E-state index in [0.29, 0.717) is 0 Å². The Hall–Kier alpha value is -0.770. The molecule has 0 bridgehead atoms. The number of hydrogen-bond donors (Lipinski definition) is 1. The Balaban J connectivity index is 2.52. The Bertz CT molecular complexity index is 269. The van der Waals surface area contributed by atoms with E-state index in [9.17, 15) is 4.79 Å². The first kappa shape index (κ1) is 13.3. The molecule has 1 N–H and O–H groups in total. The van der Waals surface area contributed by atoms with Gasteiger partial charge in [-0.3, -0.25) is 0 Å². The Morgan fingerprint density at radius 3 is 2.38 bits per heavy atom. The molecule has 16 heavy (non-hydrogen) atoms. The van der Waals surface area contributed by atoms with Gasteiger partial charge in [-0.25, -0.2) is 4.79 Å². The third-order valence-electron chi connectivity index (χ3n) is 2.79. The largest absolute Gasteiger partial charge is 0.444 e. The molecule has 1 amide bonds. The van der Waals surface area contributed by atoms with E-state index in [1.54, 1.807) is 4.90 Å². The lowest BCUT2D eigenvalue weighted by molar-refractivity contribution is 0.0233. The summed E-state index contributed by atoms with van der Waals surface area (Å²) in [6, 6.07) is 0.227. The van der Waals surface area contributed by atoms with Crippen molar-refractivity contribution >= 4 is 6.09 Å². The molecule has 1 aliphatic heterocycles. The zero-order valence-corrected chi connectivity index (χ0v) is 11.3.